The lowest BCUT2D eigenvalue weighted by molar-refractivity contribution is 0.781. The van der Waals surface area contributed by atoms with E-state index in [0.717, 1.165) is 15.8 Å². The van der Waals surface area contributed by atoms with E-state index in [0.29, 0.717) is 11.8 Å². The zero-order valence-electron chi connectivity index (χ0n) is 13.1. The Hall–Kier alpha value is -2.67. The van der Waals surface area contributed by atoms with Gasteiger partial charge in [-0.1, -0.05) is 34.1 Å². The van der Waals surface area contributed by atoms with Gasteiger partial charge in [-0.25, -0.2) is 0 Å². The Morgan fingerprint density at radius 1 is 0.917 bits per heavy atom. The number of hydrogen-bond acceptors (Lipinski definition) is 6. The van der Waals surface area contributed by atoms with Gasteiger partial charge < -0.3 is 16.4 Å². The van der Waals surface area contributed by atoms with Crippen LogP contribution in [0.25, 0.3) is 0 Å². The van der Waals surface area contributed by atoms with Crippen LogP contribution in [0.3, 0.4) is 0 Å². The highest BCUT2D eigenvalue weighted by atomic mass is 79.9. The van der Waals surface area contributed by atoms with Crippen molar-refractivity contribution in [1.29, 1.82) is 0 Å². The number of nitrogens with two attached hydrogens (primary N) is 1. The van der Waals surface area contributed by atoms with Crippen LogP contribution in [0.1, 0.15) is 18.8 Å². The fourth-order valence-corrected chi connectivity index (χ4v) is 2.43. The van der Waals surface area contributed by atoms with Crippen LogP contribution in [0.15, 0.2) is 59.1 Å². The molecule has 0 aliphatic carbocycles. The van der Waals surface area contributed by atoms with E-state index < -0.39 is 0 Å². The van der Waals surface area contributed by atoms with Crippen molar-refractivity contribution in [3.63, 3.8) is 0 Å². The van der Waals surface area contributed by atoms with Crippen LogP contribution in [0.2, 0.25) is 0 Å². The Morgan fingerprint density at radius 2 is 1.62 bits per heavy atom. The fraction of sp³-hybridized carbons (Fsp3) is 0.118. The van der Waals surface area contributed by atoms with Crippen LogP contribution in [0, 0.1) is 0 Å². The Morgan fingerprint density at radius 3 is 2.33 bits per heavy atom. The van der Waals surface area contributed by atoms with E-state index in [1.54, 1.807) is 0 Å². The highest BCUT2D eigenvalue weighted by Crippen LogP contribution is 2.21. The molecule has 2 aromatic carbocycles. The van der Waals surface area contributed by atoms with Crippen molar-refractivity contribution < 1.29 is 0 Å². The Labute approximate surface area is 148 Å². The molecule has 0 saturated heterocycles. The second-order valence-corrected chi connectivity index (χ2v) is 6.16. The summed E-state index contributed by atoms with van der Waals surface area (Å²) in [5, 5.41) is 6.48. The summed E-state index contributed by atoms with van der Waals surface area (Å²) >= 11 is 3.42. The van der Waals surface area contributed by atoms with Crippen LogP contribution in [-0.4, -0.2) is 15.0 Å². The third-order valence-electron chi connectivity index (χ3n) is 3.31. The molecule has 1 unspecified atom stereocenters. The summed E-state index contributed by atoms with van der Waals surface area (Å²) in [6, 6.07) is 17.5. The zero-order valence-corrected chi connectivity index (χ0v) is 14.7. The van der Waals surface area contributed by atoms with Gasteiger partial charge in [0.2, 0.25) is 11.9 Å². The van der Waals surface area contributed by atoms with Crippen molar-refractivity contribution in [1.82, 2.24) is 15.0 Å². The largest absolute Gasteiger partial charge is 0.375 e. The predicted octanol–water partition coefficient (Wildman–Crippen LogP) is 4.13. The highest BCUT2D eigenvalue weighted by Gasteiger charge is 2.12. The van der Waals surface area contributed by atoms with Gasteiger partial charge in [-0.05, 0) is 43.3 Å². The van der Waals surface area contributed by atoms with E-state index in [4.69, 9.17) is 5.73 Å². The molecule has 1 atom stereocenters. The molecule has 0 bridgehead atoms. The van der Waals surface area contributed by atoms with E-state index >= 15 is 0 Å². The minimum atomic E-state index is -0.118. The van der Waals surface area contributed by atoms with E-state index in [1.807, 2.05) is 61.5 Å². The molecule has 0 aliphatic rings. The second-order valence-electron chi connectivity index (χ2n) is 5.24. The molecular formula is C17H17BrN6. The Kier molecular flexibility index (Phi) is 4.90. The van der Waals surface area contributed by atoms with Crippen LogP contribution in [-0.2, 0) is 0 Å². The van der Waals surface area contributed by atoms with Crippen molar-refractivity contribution in [3.05, 3.63) is 64.9 Å². The minimum absolute atomic E-state index is 0.118. The monoisotopic (exact) mass is 384 g/mol. The molecule has 0 radical (unpaired) electrons. The third-order valence-corrected chi connectivity index (χ3v) is 3.84. The molecule has 0 spiro atoms. The number of anilines is 4. The summed E-state index contributed by atoms with van der Waals surface area (Å²) in [5.74, 6) is 1.18. The molecule has 1 aromatic heterocycles. The minimum Gasteiger partial charge on any atom is -0.375 e. The smallest absolute Gasteiger partial charge is 0.232 e. The number of hydrogen-bond donors (Lipinski definition) is 3. The summed E-state index contributed by atoms with van der Waals surface area (Å²) in [6.07, 6.45) is 0. The van der Waals surface area contributed by atoms with E-state index in [1.165, 1.54) is 0 Å². The van der Waals surface area contributed by atoms with Crippen molar-refractivity contribution in [3.8, 4) is 0 Å². The molecule has 3 aromatic rings. The predicted molar refractivity (Wildman–Crippen MR) is 100 cm³/mol. The van der Waals surface area contributed by atoms with Gasteiger partial charge in [0.05, 0.1) is 6.04 Å². The summed E-state index contributed by atoms with van der Waals surface area (Å²) < 4.78 is 1.03. The lowest BCUT2D eigenvalue weighted by Gasteiger charge is -2.15. The zero-order chi connectivity index (χ0) is 16.9. The SMILES string of the molecule is CC(Nc1ccc(Br)cc1)c1nc(N)nc(Nc2ccccc2)n1. The Balaban J connectivity index is 1.78. The first-order chi connectivity index (χ1) is 11.6. The lowest BCUT2D eigenvalue weighted by atomic mass is 10.2. The molecular weight excluding hydrogens is 368 g/mol. The number of benzene rings is 2. The van der Waals surface area contributed by atoms with Crippen molar-refractivity contribution in [2.75, 3.05) is 16.4 Å². The molecule has 0 aliphatic heterocycles. The average Bonchev–Trinajstić information content (AvgIpc) is 2.57. The van der Waals surface area contributed by atoms with Gasteiger partial charge >= 0.3 is 0 Å². The van der Waals surface area contributed by atoms with Gasteiger partial charge in [-0.2, -0.15) is 15.0 Å². The normalized spacial score (nSPS) is 11.8. The standard InChI is InChI=1S/C17H17BrN6/c1-11(20-14-9-7-12(18)8-10-14)15-22-16(19)24-17(23-15)21-13-5-3-2-4-6-13/h2-11,20H,1H3,(H3,19,21,22,23,24). The molecule has 3 rings (SSSR count). The number of aromatic nitrogens is 3. The van der Waals surface area contributed by atoms with Crippen molar-refractivity contribution in [2.45, 2.75) is 13.0 Å². The molecule has 6 nitrogen and oxygen atoms in total. The van der Waals surface area contributed by atoms with Gasteiger partial charge in [0.15, 0.2) is 5.82 Å². The maximum Gasteiger partial charge on any atom is 0.232 e. The van der Waals surface area contributed by atoms with Crippen molar-refractivity contribution in [2.24, 2.45) is 0 Å². The molecule has 0 amide bonds. The van der Waals surface area contributed by atoms with Gasteiger partial charge in [-0.3, -0.25) is 0 Å². The molecule has 4 N–H and O–H groups in total. The van der Waals surface area contributed by atoms with Crippen LogP contribution < -0.4 is 16.4 Å². The molecule has 7 heteroatoms. The first-order valence-electron chi connectivity index (χ1n) is 7.46. The van der Waals surface area contributed by atoms with Crippen LogP contribution >= 0.6 is 15.9 Å². The van der Waals surface area contributed by atoms with E-state index in [9.17, 15) is 0 Å². The van der Waals surface area contributed by atoms with Gasteiger partial charge in [-0.15, -0.1) is 0 Å². The molecule has 122 valence electrons. The van der Waals surface area contributed by atoms with Crippen LogP contribution in [0.4, 0.5) is 23.3 Å². The molecule has 1 heterocycles. The van der Waals surface area contributed by atoms with Gasteiger partial charge in [0, 0.05) is 15.8 Å². The first kappa shape index (κ1) is 16.2. The topological polar surface area (TPSA) is 88.8 Å². The fourth-order valence-electron chi connectivity index (χ4n) is 2.17. The summed E-state index contributed by atoms with van der Waals surface area (Å²) in [4.78, 5) is 12.8. The Bertz CT molecular complexity index is 807. The van der Waals surface area contributed by atoms with Crippen LogP contribution in [0.5, 0.6) is 0 Å². The lowest BCUT2D eigenvalue weighted by Crippen LogP contribution is -2.14. The summed E-state index contributed by atoms with van der Waals surface area (Å²) in [5.41, 5.74) is 7.69. The second kappa shape index (κ2) is 7.27. The summed E-state index contributed by atoms with van der Waals surface area (Å²) in [7, 11) is 0. The quantitative estimate of drug-likeness (QED) is 0.612. The molecule has 24 heavy (non-hydrogen) atoms. The number of halogens is 1. The first-order valence-corrected chi connectivity index (χ1v) is 8.25. The average molecular weight is 385 g/mol. The number of para-hydroxylation sites is 1. The van der Waals surface area contributed by atoms with Crippen molar-refractivity contribution >= 4 is 39.2 Å². The van der Waals surface area contributed by atoms with E-state index in [-0.39, 0.29) is 12.0 Å². The molecule has 0 fully saturated rings. The number of nitrogens with zero attached hydrogens (tertiary/aromatic N) is 3. The number of rotatable bonds is 5. The maximum absolute atomic E-state index is 5.83. The van der Waals surface area contributed by atoms with Gasteiger partial charge in [0.1, 0.15) is 0 Å². The van der Waals surface area contributed by atoms with Gasteiger partial charge in [0.25, 0.3) is 0 Å². The number of nitrogen functional groups attached to an aromatic ring is 1. The third kappa shape index (κ3) is 4.20. The van der Waals surface area contributed by atoms with E-state index in [2.05, 4.69) is 41.5 Å². The molecule has 0 saturated carbocycles. The highest BCUT2D eigenvalue weighted by molar-refractivity contribution is 9.10. The maximum atomic E-state index is 5.83. The number of nitrogens with one attached hydrogen (secondary N) is 2. The summed E-state index contributed by atoms with van der Waals surface area (Å²) in [6.45, 7) is 1.98.